The molecule has 0 aliphatic heterocycles. The Labute approximate surface area is 248 Å². The van der Waals surface area contributed by atoms with Gasteiger partial charge in [0.05, 0.1) is 0 Å². The number of hydrogen-bond donors (Lipinski definition) is 0. The van der Waals surface area contributed by atoms with Crippen LogP contribution in [0.4, 0.5) is 0 Å². The van der Waals surface area contributed by atoms with Crippen LogP contribution in [-0.4, -0.2) is 12.5 Å². The summed E-state index contributed by atoms with van der Waals surface area (Å²) in [5, 5.41) is 0. The molecule has 0 atom stereocenters. The molecule has 0 saturated heterocycles. The molecule has 0 aromatic heterocycles. The maximum absolute atomic E-state index is 3.60. The van der Waals surface area contributed by atoms with Crippen LogP contribution in [-0.2, 0) is 6.42 Å². The smallest absolute Gasteiger partial charge is 0.0481 e. The van der Waals surface area contributed by atoms with Gasteiger partial charge < -0.3 is 0 Å². The minimum atomic E-state index is 1.05. The lowest BCUT2D eigenvalue weighted by Gasteiger charge is -2.09. The normalized spacial score (nSPS) is 12.3. The molecule has 0 heterocycles. The number of hydrogen-bond acceptors (Lipinski definition) is 2. The second kappa shape index (κ2) is 10.9. The van der Waals surface area contributed by atoms with Crippen molar-refractivity contribution in [1.29, 1.82) is 0 Å². The van der Waals surface area contributed by atoms with E-state index in [2.05, 4.69) is 149 Å². The van der Waals surface area contributed by atoms with Crippen LogP contribution >= 0.6 is 87.2 Å². The van der Waals surface area contributed by atoms with Crippen LogP contribution in [0.5, 0.6) is 0 Å². The largest absolute Gasteiger partial charge is 0.122 e. The average molecular weight is 752 g/mol. The zero-order valence-corrected chi connectivity index (χ0v) is 26.9. The summed E-state index contributed by atoms with van der Waals surface area (Å²) in [5.74, 6) is 0. The van der Waals surface area contributed by atoms with Crippen LogP contribution in [0.2, 0.25) is 0 Å². The summed E-state index contributed by atoms with van der Waals surface area (Å²) < 4.78 is 5.94. The molecule has 4 aromatic rings. The van der Waals surface area contributed by atoms with Crippen LogP contribution in [0.1, 0.15) is 22.3 Å². The van der Waals surface area contributed by atoms with Crippen LogP contribution in [0.3, 0.4) is 0 Å². The molecule has 0 radical (unpaired) electrons. The minimum absolute atomic E-state index is 1.05. The van der Waals surface area contributed by atoms with Gasteiger partial charge in [0.25, 0.3) is 0 Å². The first kappa shape index (κ1) is 25.9. The SMILES string of the molecule is Brc1ccc2c(c1)Cc1cc(Br)ccc1-2.CSC(SC)=C1c2cc(Br)ccc2-c2ccc(Br)cc21. The lowest BCUT2D eigenvalue weighted by molar-refractivity contribution is 1.25. The fraction of sp³-hybridized carbons (Fsp3) is 0.103. The fourth-order valence-corrected chi connectivity index (χ4v) is 7.77. The molecule has 35 heavy (non-hydrogen) atoms. The molecule has 0 saturated carbocycles. The molecule has 0 nitrogen and oxygen atoms in total. The van der Waals surface area contributed by atoms with Crippen LogP contribution in [0.15, 0.2) is 94.9 Å². The lowest BCUT2D eigenvalue weighted by Crippen LogP contribution is -1.85. The monoisotopic (exact) mass is 748 g/mol. The predicted octanol–water partition coefficient (Wildman–Crippen LogP) is 11.4. The molecular formula is C29H20Br4S2. The molecule has 6 heteroatoms. The first-order chi connectivity index (χ1) is 16.9. The van der Waals surface area contributed by atoms with E-state index >= 15 is 0 Å². The summed E-state index contributed by atoms with van der Waals surface area (Å²) in [6.07, 6.45) is 5.34. The molecule has 0 N–H and O–H groups in total. The number of halogens is 4. The van der Waals surface area contributed by atoms with Gasteiger partial charge in [0.2, 0.25) is 0 Å². The van der Waals surface area contributed by atoms with E-state index in [1.165, 1.54) is 54.3 Å². The third-order valence-corrected chi connectivity index (χ3v) is 10.3. The topological polar surface area (TPSA) is 0 Å². The molecule has 176 valence electrons. The number of rotatable bonds is 2. The van der Waals surface area contributed by atoms with E-state index in [1.807, 2.05) is 23.5 Å². The highest BCUT2D eigenvalue weighted by molar-refractivity contribution is 9.11. The van der Waals surface area contributed by atoms with Crippen molar-refractivity contribution in [2.45, 2.75) is 6.42 Å². The van der Waals surface area contributed by atoms with Crippen molar-refractivity contribution in [3.05, 3.63) is 117 Å². The summed E-state index contributed by atoms with van der Waals surface area (Å²) in [5.41, 5.74) is 12.2. The van der Waals surface area contributed by atoms with E-state index in [1.54, 1.807) is 0 Å². The molecule has 0 fully saturated rings. The molecule has 0 unspecified atom stereocenters. The van der Waals surface area contributed by atoms with E-state index in [0.717, 1.165) is 24.3 Å². The Morgan fingerprint density at radius 3 is 1.29 bits per heavy atom. The highest BCUT2D eigenvalue weighted by Crippen LogP contribution is 2.50. The van der Waals surface area contributed by atoms with E-state index in [0.29, 0.717) is 0 Å². The van der Waals surface area contributed by atoms with E-state index in [-0.39, 0.29) is 0 Å². The number of benzene rings is 4. The Morgan fingerprint density at radius 1 is 0.514 bits per heavy atom. The van der Waals surface area contributed by atoms with Crippen molar-refractivity contribution >= 4 is 92.8 Å². The molecule has 2 aliphatic rings. The Bertz CT molecular complexity index is 1380. The van der Waals surface area contributed by atoms with Gasteiger partial charge in [-0.3, -0.25) is 0 Å². The fourth-order valence-electron chi connectivity index (χ4n) is 4.72. The summed E-state index contributed by atoms with van der Waals surface area (Å²) in [6, 6.07) is 26.1. The summed E-state index contributed by atoms with van der Waals surface area (Å²) in [6.45, 7) is 0. The Hall–Kier alpha value is -0.760. The highest BCUT2D eigenvalue weighted by Gasteiger charge is 2.26. The average Bonchev–Trinajstić information content (AvgIpc) is 3.34. The van der Waals surface area contributed by atoms with Crippen LogP contribution < -0.4 is 0 Å². The van der Waals surface area contributed by atoms with Gasteiger partial charge in [0.1, 0.15) is 0 Å². The molecule has 6 rings (SSSR count). The van der Waals surface area contributed by atoms with Crippen molar-refractivity contribution in [2.24, 2.45) is 0 Å². The third-order valence-electron chi connectivity index (χ3n) is 6.17. The minimum Gasteiger partial charge on any atom is -0.122 e. The molecular weight excluding hydrogens is 732 g/mol. The van der Waals surface area contributed by atoms with Gasteiger partial charge in [0.15, 0.2) is 0 Å². The first-order valence-electron chi connectivity index (χ1n) is 10.9. The number of thioether (sulfide) groups is 2. The van der Waals surface area contributed by atoms with Crippen LogP contribution in [0, 0.1) is 0 Å². The van der Waals surface area contributed by atoms with Gasteiger partial charge >= 0.3 is 0 Å². The quantitative estimate of drug-likeness (QED) is 0.173. The van der Waals surface area contributed by atoms with Gasteiger partial charge in [-0.05, 0) is 112 Å². The zero-order chi connectivity index (χ0) is 24.7. The molecule has 0 bridgehead atoms. The summed E-state index contributed by atoms with van der Waals surface area (Å²) in [7, 11) is 0. The second-order valence-electron chi connectivity index (χ2n) is 8.23. The van der Waals surface area contributed by atoms with E-state index in [9.17, 15) is 0 Å². The van der Waals surface area contributed by atoms with Gasteiger partial charge in [-0.1, -0.05) is 88.0 Å². The Morgan fingerprint density at radius 2 is 0.886 bits per heavy atom. The maximum Gasteiger partial charge on any atom is 0.0481 e. The Balaban J connectivity index is 0.000000151. The maximum atomic E-state index is 3.60. The lowest BCUT2D eigenvalue weighted by atomic mass is 10.1. The molecule has 0 spiro atoms. The third kappa shape index (κ3) is 5.17. The van der Waals surface area contributed by atoms with Crippen molar-refractivity contribution < 1.29 is 0 Å². The van der Waals surface area contributed by atoms with Crippen molar-refractivity contribution in [3.63, 3.8) is 0 Å². The van der Waals surface area contributed by atoms with E-state index in [4.69, 9.17) is 0 Å². The van der Waals surface area contributed by atoms with Gasteiger partial charge in [-0.15, -0.1) is 23.5 Å². The standard InChI is InChI=1S/C16H12Br2S2.C13H8Br2/c1-19-16(20-2)15-13-7-9(17)3-5-11(13)12-6-4-10(18)8-14(12)15;14-10-1-3-12-8(6-10)5-9-7-11(15)2-4-13(9)12/h3-8H,1-2H3;1-4,6-7H,5H2. The Kier molecular flexibility index (Phi) is 8.07. The van der Waals surface area contributed by atoms with Crippen molar-refractivity contribution in [2.75, 3.05) is 12.5 Å². The highest BCUT2D eigenvalue weighted by atomic mass is 79.9. The van der Waals surface area contributed by atoms with Gasteiger partial charge in [-0.2, -0.15) is 0 Å². The summed E-state index contributed by atoms with van der Waals surface area (Å²) in [4.78, 5) is 0. The van der Waals surface area contributed by atoms with Crippen LogP contribution in [0.25, 0.3) is 27.8 Å². The summed E-state index contributed by atoms with van der Waals surface area (Å²) >= 11 is 17.9. The van der Waals surface area contributed by atoms with Gasteiger partial charge in [-0.25, -0.2) is 0 Å². The van der Waals surface area contributed by atoms with Gasteiger partial charge in [0, 0.05) is 27.7 Å². The van der Waals surface area contributed by atoms with E-state index < -0.39 is 0 Å². The first-order valence-corrected chi connectivity index (χ1v) is 16.5. The molecule has 0 amide bonds. The zero-order valence-electron chi connectivity index (χ0n) is 19.0. The molecule has 2 aliphatic carbocycles. The predicted molar refractivity (Wildman–Crippen MR) is 170 cm³/mol. The second-order valence-corrected chi connectivity index (χ2v) is 13.8. The van der Waals surface area contributed by atoms with Crippen molar-refractivity contribution in [3.8, 4) is 22.3 Å². The van der Waals surface area contributed by atoms with Crippen molar-refractivity contribution in [1.82, 2.24) is 0 Å². The molecule has 4 aromatic carbocycles. The number of fused-ring (bicyclic) bond motifs is 6.